The highest BCUT2D eigenvalue weighted by Crippen LogP contribution is 2.20. The SMILES string of the molecule is COCCOCCN(C)CC1(O)CCOCC1. The first kappa shape index (κ1) is 14.9. The zero-order valence-electron chi connectivity index (χ0n) is 11.0. The third kappa shape index (κ3) is 6.33. The topological polar surface area (TPSA) is 51.2 Å². The van der Waals surface area contributed by atoms with Crippen molar-refractivity contribution in [2.24, 2.45) is 0 Å². The first-order chi connectivity index (χ1) is 8.16. The van der Waals surface area contributed by atoms with E-state index in [1.165, 1.54) is 0 Å². The van der Waals surface area contributed by atoms with Gasteiger partial charge in [-0.1, -0.05) is 0 Å². The Kier molecular flexibility index (Phi) is 6.99. The molecular formula is C12H25NO4. The molecule has 0 aromatic carbocycles. The van der Waals surface area contributed by atoms with Crippen molar-refractivity contribution in [2.75, 3.05) is 60.3 Å². The van der Waals surface area contributed by atoms with Crippen molar-refractivity contribution in [3.05, 3.63) is 0 Å². The quantitative estimate of drug-likeness (QED) is 0.618. The third-order valence-corrected chi connectivity index (χ3v) is 3.04. The Morgan fingerprint density at radius 2 is 1.94 bits per heavy atom. The molecule has 0 aliphatic carbocycles. The maximum Gasteiger partial charge on any atom is 0.0817 e. The van der Waals surface area contributed by atoms with Crippen molar-refractivity contribution in [3.63, 3.8) is 0 Å². The van der Waals surface area contributed by atoms with Crippen LogP contribution in [-0.4, -0.2) is 75.9 Å². The maximum absolute atomic E-state index is 10.3. The molecule has 1 N–H and O–H groups in total. The summed E-state index contributed by atoms with van der Waals surface area (Å²) in [6, 6.07) is 0. The van der Waals surface area contributed by atoms with Gasteiger partial charge in [0, 0.05) is 46.3 Å². The van der Waals surface area contributed by atoms with Crippen molar-refractivity contribution in [1.29, 1.82) is 0 Å². The molecule has 102 valence electrons. The third-order valence-electron chi connectivity index (χ3n) is 3.04. The summed E-state index contributed by atoms with van der Waals surface area (Å²) in [5, 5.41) is 10.3. The first-order valence-electron chi connectivity index (χ1n) is 6.22. The molecule has 0 amide bonds. The average molecular weight is 247 g/mol. The van der Waals surface area contributed by atoms with Crippen molar-refractivity contribution in [3.8, 4) is 0 Å². The van der Waals surface area contributed by atoms with Crippen molar-refractivity contribution in [2.45, 2.75) is 18.4 Å². The molecule has 0 aromatic heterocycles. The zero-order chi connectivity index (χ0) is 12.6. The lowest BCUT2D eigenvalue weighted by Crippen LogP contribution is -2.46. The number of hydrogen-bond donors (Lipinski definition) is 1. The minimum atomic E-state index is -0.584. The molecule has 5 nitrogen and oxygen atoms in total. The molecule has 1 rings (SSSR count). The Balaban J connectivity index is 2.08. The van der Waals surface area contributed by atoms with E-state index in [1.54, 1.807) is 7.11 Å². The van der Waals surface area contributed by atoms with Gasteiger partial charge in [0.2, 0.25) is 0 Å². The second-order valence-corrected chi connectivity index (χ2v) is 4.68. The Hall–Kier alpha value is -0.200. The molecule has 1 aliphatic rings. The Morgan fingerprint density at radius 3 is 2.59 bits per heavy atom. The first-order valence-corrected chi connectivity index (χ1v) is 6.22. The van der Waals surface area contributed by atoms with Crippen LogP contribution in [0.4, 0.5) is 0 Å². The zero-order valence-corrected chi connectivity index (χ0v) is 11.0. The van der Waals surface area contributed by atoms with Gasteiger partial charge in [0.15, 0.2) is 0 Å². The lowest BCUT2D eigenvalue weighted by atomic mass is 9.94. The summed E-state index contributed by atoms with van der Waals surface area (Å²) in [4.78, 5) is 2.11. The fourth-order valence-corrected chi connectivity index (χ4v) is 1.96. The highest BCUT2D eigenvalue weighted by atomic mass is 16.5. The van der Waals surface area contributed by atoms with Crippen molar-refractivity contribution < 1.29 is 19.3 Å². The van der Waals surface area contributed by atoms with Crippen LogP contribution in [0, 0.1) is 0 Å². The van der Waals surface area contributed by atoms with E-state index in [1.807, 2.05) is 7.05 Å². The average Bonchev–Trinajstić information content (AvgIpc) is 2.29. The summed E-state index contributed by atoms with van der Waals surface area (Å²) >= 11 is 0. The molecule has 1 heterocycles. The molecule has 17 heavy (non-hydrogen) atoms. The second kappa shape index (κ2) is 8.00. The van der Waals surface area contributed by atoms with E-state index in [2.05, 4.69) is 4.90 Å². The Labute approximate surface area is 104 Å². The molecule has 0 saturated carbocycles. The molecule has 1 saturated heterocycles. The van der Waals surface area contributed by atoms with Crippen molar-refractivity contribution in [1.82, 2.24) is 4.90 Å². The van der Waals surface area contributed by atoms with Gasteiger partial charge >= 0.3 is 0 Å². The number of hydrogen-bond acceptors (Lipinski definition) is 5. The largest absolute Gasteiger partial charge is 0.388 e. The monoisotopic (exact) mass is 247 g/mol. The molecule has 5 heteroatoms. The van der Waals surface area contributed by atoms with E-state index in [9.17, 15) is 5.11 Å². The van der Waals surface area contributed by atoms with Crippen LogP contribution >= 0.6 is 0 Å². The fraction of sp³-hybridized carbons (Fsp3) is 1.00. The van der Waals surface area contributed by atoms with E-state index >= 15 is 0 Å². The predicted molar refractivity (Wildman–Crippen MR) is 65.2 cm³/mol. The standard InChI is InChI=1S/C12H25NO4/c1-13(5-8-17-10-9-15-2)11-12(14)3-6-16-7-4-12/h14H,3-11H2,1-2H3. The molecule has 0 aromatic rings. The highest BCUT2D eigenvalue weighted by molar-refractivity contribution is 4.83. The van der Waals surface area contributed by atoms with Gasteiger partial charge in [0.25, 0.3) is 0 Å². The van der Waals surface area contributed by atoms with E-state index in [4.69, 9.17) is 14.2 Å². The van der Waals surface area contributed by atoms with Crippen molar-refractivity contribution >= 4 is 0 Å². The molecule has 1 aliphatic heterocycles. The minimum Gasteiger partial charge on any atom is -0.388 e. The molecular weight excluding hydrogens is 222 g/mol. The van der Waals surface area contributed by atoms with Crippen LogP contribution in [0.1, 0.15) is 12.8 Å². The molecule has 0 spiro atoms. The number of ether oxygens (including phenoxy) is 3. The van der Waals surface area contributed by atoms with E-state index in [-0.39, 0.29) is 0 Å². The van der Waals surface area contributed by atoms with Crippen LogP contribution in [0.3, 0.4) is 0 Å². The summed E-state index contributed by atoms with van der Waals surface area (Å²) in [6.45, 7) is 4.76. The lowest BCUT2D eigenvalue weighted by Gasteiger charge is -2.35. The lowest BCUT2D eigenvalue weighted by molar-refractivity contribution is -0.0788. The Morgan fingerprint density at radius 1 is 1.24 bits per heavy atom. The molecule has 0 bridgehead atoms. The van der Waals surface area contributed by atoms with Crippen LogP contribution in [0.5, 0.6) is 0 Å². The number of methoxy groups -OCH3 is 1. The van der Waals surface area contributed by atoms with E-state index in [0.29, 0.717) is 39.6 Å². The van der Waals surface area contributed by atoms with Crippen LogP contribution < -0.4 is 0 Å². The summed E-state index contributed by atoms with van der Waals surface area (Å²) in [6.07, 6.45) is 1.45. The number of likely N-dealkylation sites (N-methyl/N-ethyl adjacent to an activating group) is 1. The smallest absolute Gasteiger partial charge is 0.0817 e. The summed E-state index contributed by atoms with van der Waals surface area (Å²) in [5.74, 6) is 0. The number of nitrogens with zero attached hydrogens (tertiary/aromatic N) is 1. The van der Waals surface area contributed by atoms with E-state index < -0.39 is 5.60 Å². The molecule has 1 fully saturated rings. The predicted octanol–water partition coefficient (Wildman–Crippen LogP) is 0.123. The van der Waals surface area contributed by atoms with Crippen LogP contribution in [0.25, 0.3) is 0 Å². The van der Waals surface area contributed by atoms with Crippen LogP contribution in [-0.2, 0) is 14.2 Å². The summed E-state index contributed by atoms with van der Waals surface area (Å²) < 4.78 is 15.5. The second-order valence-electron chi connectivity index (χ2n) is 4.68. The molecule has 0 atom stereocenters. The van der Waals surface area contributed by atoms with Gasteiger partial charge in [-0.05, 0) is 7.05 Å². The Bertz CT molecular complexity index is 195. The van der Waals surface area contributed by atoms with Gasteiger partial charge in [0.05, 0.1) is 25.4 Å². The van der Waals surface area contributed by atoms with Gasteiger partial charge < -0.3 is 24.2 Å². The highest BCUT2D eigenvalue weighted by Gasteiger charge is 2.30. The number of rotatable bonds is 8. The fourth-order valence-electron chi connectivity index (χ4n) is 1.96. The molecule has 0 unspecified atom stereocenters. The summed E-state index contributed by atoms with van der Waals surface area (Å²) in [5.41, 5.74) is -0.584. The summed E-state index contributed by atoms with van der Waals surface area (Å²) in [7, 11) is 3.67. The normalized spacial score (nSPS) is 19.8. The van der Waals surface area contributed by atoms with E-state index in [0.717, 1.165) is 19.4 Å². The van der Waals surface area contributed by atoms with Gasteiger partial charge in [-0.3, -0.25) is 0 Å². The van der Waals surface area contributed by atoms with Crippen LogP contribution in [0.2, 0.25) is 0 Å². The van der Waals surface area contributed by atoms with Gasteiger partial charge in [0.1, 0.15) is 0 Å². The van der Waals surface area contributed by atoms with Gasteiger partial charge in [-0.2, -0.15) is 0 Å². The molecule has 0 radical (unpaired) electrons. The minimum absolute atomic E-state index is 0.584. The maximum atomic E-state index is 10.3. The van der Waals surface area contributed by atoms with Gasteiger partial charge in [-0.25, -0.2) is 0 Å². The number of aliphatic hydroxyl groups is 1. The van der Waals surface area contributed by atoms with Gasteiger partial charge in [-0.15, -0.1) is 0 Å². The van der Waals surface area contributed by atoms with Crippen LogP contribution in [0.15, 0.2) is 0 Å².